The molecule has 0 aromatic rings. The van der Waals surface area contributed by atoms with E-state index in [9.17, 15) is 0 Å². The van der Waals surface area contributed by atoms with Gasteiger partial charge in [-0.2, -0.15) is 0 Å². The first-order valence-electron chi connectivity index (χ1n) is 3.82. The molecule has 14 heavy (non-hydrogen) atoms. The molecule has 1 aliphatic carbocycles. The Labute approximate surface area is 117 Å². The lowest BCUT2D eigenvalue weighted by atomic mass is 10.3. The zero-order valence-corrected chi connectivity index (χ0v) is 13.9. The minimum Gasteiger partial charge on any atom is -0.345 e. The van der Waals surface area contributed by atoms with Gasteiger partial charge >= 0.3 is 0 Å². The van der Waals surface area contributed by atoms with Crippen molar-refractivity contribution in [3.8, 4) is 0 Å². The van der Waals surface area contributed by atoms with Crippen LogP contribution in [0.3, 0.4) is 0 Å². The minimum atomic E-state index is -0.855. The molecule has 2 nitrogen and oxygen atoms in total. The van der Waals surface area contributed by atoms with Gasteiger partial charge in [-0.3, -0.25) is 0 Å². The van der Waals surface area contributed by atoms with E-state index in [1.807, 2.05) is 6.92 Å². The Bertz CT molecular complexity index is 284. The van der Waals surface area contributed by atoms with Crippen LogP contribution in [0.15, 0.2) is 17.9 Å². The first kappa shape index (κ1) is 13.4. The third-order valence-corrected chi connectivity index (χ3v) is 6.81. The van der Waals surface area contributed by atoms with Gasteiger partial charge in [-0.1, -0.05) is 0 Å². The Morgan fingerprint density at radius 2 is 1.50 bits per heavy atom. The lowest BCUT2D eigenvalue weighted by molar-refractivity contribution is -0.152. The van der Waals surface area contributed by atoms with E-state index in [-0.39, 0.29) is 0 Å². The lowest BCUT2D eigenvalue weighted by Crippen LogP contribution is -2.34. The third kappa shape index (κ3) is 1.94. The SMILES string of the molecule is CCOC1(OC)C(Br)=C(Br)C(Br)=C1Br. The van der Waals surface area contributed by atoms with E-state index >= 15 is 0 Å². The van der Waals surface area contributed by atoms with Crippen LogP contribution in [0, 0.1) is 0 Å². The minimum absolute atomic E-state index is 0.554. The molecule has 0 N–H and O–H groups in total. The van der Waals surface area contributed by atoms with Crippen molar-refractivity contribution in [2.45, 2.75) is 12.7 Å². The highest BCUT2D eigenvalue weighted by Crippen LogP contribution is 2.52. The van der Waals surface area contributed by atoms with Gasteiger partial charge in [0.1, 0.15) is 0 Å². The smallest absolute Gasteiger partial charge is 0.237 e. The molecular weight excluding hydrogens is 448 g/mol. The highest BCUT2D eigenvalue weighted by Gasteiger charge is 2.46. The molecular formula is C8H8Br4O2. The summed E-state index contributed by atoms with van der Waals surface area (Å²) in [5, 5.41) is 0. The van der Waals surface area contributed by atoms with Crippen LogP contribution in [0.5, 0.6) is 0 Å². The predicted octanol–water partition coefficient (Wildman–Crippen LogP) is 4.38. The first-order valence-corrected chi connectivity index (χ1v) is 6.99. The van der Waals surface area contributed by atoms with Crippen LogP contribution in [0.2, 0.25) is 0 Å². The summed E-state index contributed by atoms with van der Waals surface area (Å²) >= 11 is 13.8. The summed E-state index contributed by atoms with van der Waals surface area (Å²) in [6, 6.07) is 0. The molecule has 0 radical (unpaired) electrons. The molecule has 0 amide bonds. The van der Waals surface area contributed by atoms with Crippen molar-refractivity contribution in [1.82, 2.24) is 0 Å². The van der Waals surface area contributed by atoms with Gasteiger partial charge in [0.15, 0.2) is 0 Å². The summed E-state index contributed by atoms with van der Waals surface area (Å²) in [5.41, 5.74) is 0. The highest BCUT2D eigenvalue weighted by atomic mass is 79.9. The maximum absolute atomic E-state index is 5.61. The molecule has 0 aromatic carbocycles. The second-order valence-electron chi connectivity index (χ2n) is 2.51. The summed E-state index contributed by atoms with van der Waals surface area (Å²) in [4.78, 5) is 0. The normalized spacial score (nSPS) is 21.0. The second-order valence-corrected chi connectivity index (χ2v) is 5.68. The number of methoxy groups -OCH3 is 1. The molecule has 0 unspecified atom stereocenters. The fourth-order valence-electron chi connectivity index (χ4n) is 1.15. The maximum Gasteiger partial charge on any atom is 0.237 e. The number of rotatable bonds is 3. The first-order chi connectivity index (χ1) is 6.51. The molecule has 0 heterocycles. The molecule has 80 valence electrons. The van der Waals surface area contributed by atoms with Crippen molar-refractivity contribution in [2.75, 3.05) is 13.7 Å². The van der Waals surface area contributed by atoms with Crippen molar-refractivity contribution < 1.29 is 9.47 Å². The molecule has 0 saturated heterocycles. The van der Waals surface area contributed by atoms with Crippen molar-refractivity contribution in [2.24, 2.45) is 0 Å². The van der Waals surface area contributed by atoms with Gasteiger partial charge in [-0.25, -0.2) is 0 Å². The molecule has 0 fully saturated rings. The van der Waals surface area contributed by atoms with E-state index in [4.69, 9.17) is 9.47 Å². The van der Waals surface area contributed by atoms with Crippen LogP contribution in [0.4, 0.5) is 0 Å². The van der Waals surface area contributed by atoms with Crippen molar-refractivity contribution >= 4 is 63.7 Å². The molecule has 1 aliphatic rings. The Morgan fingerprint density at radius 3 is 1.79 bits per heavy atom. The quantitative estimate of drug-likeness (QED) is 0.588. The summed E-state index contributed by atoms with van der Waals surface area (Å²) in [5.74, 6) is -0.855. The molecule has 6 heteroatoms. The summed E-state index contributed by atoms with van der Waals surface area (Å²) in [6.45, 7) is 2.47. The zero-order valence-electron chi connectivity index (χ0n) is 7.54. The van der Waals surface area contributed by atoms with Crippen LogP contribution < -0.4 is 0 Å². The average molecular weight is 456 g/mol. The van der Waals surface area contributed by atoms with Gasteiger partial charge in [-0.05, 0) is 70.6 Å². The maximum atomic E-state index is 5.61. The van der Waals surface area contributed by atoms with Crippen molar-refractivity contribution in [3.63, 3.8) is 0 Å². The number of ether oxygens (including phenoxy) is 2. The van der Waals surface area contributed by atoms with E-state index in [0.29, 0.717) is 6.61 Å². The molecule has 1 rings (SSSR count). The Morgan fingerprint density at radius 1 is 1.07 bits per heavy atom. The van der Waals surface area contributed by atoms with Crippen LogP contribution in [0.25, 0.3) is 0 Å². The average Bonchev–Trinajstić information content (AvgIpc) is 2.34. The largest absolute Gasteiger partial charge is 0.345 e. The highest BCUT2D eigenvalue weighted by molar-refractivity contribution is 9.17. The van der Waals surface area contributed by atoms with Crippen molar-refractivity contribution in [3.05, 3.63) is 17.9 Å². The van der Waals surface area contributed by atoms with Gasteiger partial charge in [0.2, 0.25) is 5.79 Å². The van der Waals surface area contributed by atoms with Crippen LogP contribution >= 0.6 is 63.7 Å². The Hall–Kier alpha value is 1.32. The summed E-state index contributed by atoms with van der Waals surface area (Å²) in [7, 11) is 1.60. The Balaban J connectivity index is 3.22. The monoisotopic (exact) mass is 452 g/mol. The van der Waals surface area contributed by atoms with E-state index < -0.39 is 5.79 Å². The second kappa shape index (κ2) is 5.10. The third-order valence-electron chi connectivity index (χ3n) is 1.79. The fourth-order valence-corrected chi connectivity index (χ4v) is 4.21. The van der Waals surface area contributed by atoms with Gasteiger partial charge < -0.3 is 9.47 Å². The van der Waals surface area contributed by atoms with Gasteiger partial charge in [0.05, 0.1) is 8.96 Å². The lowest BCUT2D eigenvalue weighted by Gasteiger charge is -2.28. The van der Waals surface area contributed by atoms with E-state index in [0.717, 1.165) is 17.9 Å². The molecule has 0 spiro atoms. The number of halogens is 4. The van der Waals surface area contributed by atoms with E-state index in [1.165, 1.54) is 0 Å². The Kier molecular flexibility index (Phi) is 4.88. The number of allylic oxidation sites excluding steroid dienone is 2. The van der Waals surface area contributed by atoms with Crippen molar-refractivity contribution in [1.29, 1.82) is 0 Å². The predicted molar refractivity (Wildman–Crippen MR) is 71.1 cm³/mol. The zero-order chi connectivity index (χ0) is 10.9. The standard InChI is InChI=1S/C8H8Br4O2/c1-3-14-8(13-2)6(11)4(9)5(10)7(8)12/h3H2,1-2H3. The molecule has 0 atom stereocenters. The number of hydrogen-bond donors (Lipinski definition) is 0. The summed E-state index contributed by atoms with van der Waals surface area (Å²) in [6.07, 6.45) is 0. The van der Waals surface area contributed by atoms with E-state index in [1.54, 1.807) is 7.11 Å². The number of hydrogen-bond acceptors (Lipinski definition) is 2. The topological polar surface area (TPSA) is 18.5 Å². The van der Waals surface area contributed by atoms with Crippen LogP contribution in [0.1, 0.15) is 6.92 Å². The van der Waals surface area contributed by atoms with Crippen LogP contribution in [-0.2, 0) is 9.47 Å². The molecule has 0 aliphatic heterocycles. The van der Waals surface area contributed by atoms with E-state index in [2.05, 4.69) is 63.7 Å². The molecule has 0 aromatic heterocycles. The molecule has 0 saturated carbocycles. The fraction of sp³-hybridized carbons (Fsp3) is 0.500. The van der Waals surface area contributed by atoms with Crippen LogP contribution in [-0.4, -0.2) is 19.5 Å². The summed E-state index contributed by atoms with van der Waals surface area (Å²) < 4.78 is 14.4. The van der Waals surface area contributed by atoms with Gasteiger partial charge in [0, 0.05) is 22.7 Å². The van der Waals surface area contributed by atoms with Gasteiger partial charge in [-0.15, -0.1) is 0 Å². The van der Waals surface area contributed by atoms with Gasteiger partial charge in [0.25, 0.3) is 0 Å². The molecule has 0 bridgehead atoms.